The van der Waals surface area contributed by atoms with Crippen LogP contribution in [0, 0.1) is 13.8 Å². The van der Waals surface area contributed by atoms with Gasteiger partial charge in [-0.3, -0.25) is 14.4 Å². The van der Waals surface area contributed by atoms with Gasteiger partial charge in [-0.2, -0.15) is 0 Å². The van der Waals surface area contributed by atoms with Gasteiger partial charge in [0.1, 0.15) is 0 Å². The van der Waals surface area contributed by atoms with Gasteiger partial charge >= 0.3 is 5.97 Å². The molecule has 6 nitrogen and oxygen atoms in total. The van der Waals surface area contributed by atoms with Crippen LogP contribution in [0.5, 0.6) is 0 Å². The number of hydrogen-bond acceptors (Lipinski definition) is 5. The summed E-state index contributed by atoms with van der Waals surface area (Å²) in [6.45, 7) is 5.32. The van der Waals surface area contributed by atoms with Crippen molar-refractivity contribution < 1.29 is 19.1 Å². The summed E-state index contributed by atoms with van der Waals surface area (Å²) in [5.74, 6) is -1.23. The lowest BCUT2D eigenvalue weighted by atomic mass is 10.1. The van der Waals surface area contributed by atoms with E-state index in [0.717, 1.165) is 21.7 Å². The largest absolute Gasteiger partial charge is 0.452 e. The Morgan fingerprint density at radius 3 is 2.54 bits per heavy atom. The second-order valence-electron chi connectivity index (χ2n) is 6.68. The number of thioether (sulfide) groups is 1. The van der Waals surface area contributed by atoms with Crippen molar-refractivity contribution in [2.45, 2.75) is 43.4 Å². The predicted octanol–water partition coefficient (Wildman–Crippen LogP) is 3.68. The summed E-state index contributed by atoms with van der Waals surface area (Å²) in [4.78, 5) is 37.8. The molecule has 7 heteroatoms. The average molecular weight is 398 g/mol. The quantitative estimate of drug-likeness (QED) is 0.751. The van der Waals surface area contributed by atoms with Crippen LogP contribution < -0.4 is 10.6 Å². The third-order valence-corrected chi connectivity index (χ3v) is 5.74. The highest BCUT2D eigenvalue weighted by Gasteiger charge is 2.30. The number of fused-ring (bicyclic) bond motifs is 1. The van der Waals surface area contributed by atoms with Gasteiger partial charge in [0.2, 0.25) is 5.91 Å². The van der Waals surface area contributed by atoms with Crippen LogP contribution >= 0.6 is 11.8 Å². The van der Waals surface area contributed by atoms with Crippen molar-refractivity contribution in [3.63, 3.8) is 0 Å². The maximum absolute atomic E-state index is 12.4. The molecule has 146 valence electrons. The van der Waals surface area contributed by atoms with Gasteiger partial charge in [-0.25, -0.2) is 0 Å². The minimum atomic E-state index is -0.963. The van der Waals surface area contributed by atoms with Crippen LogP contribution in [0.3, 0.4) is 0 Å². The van der Waals surface area contributed by atoms with Crippen molar-refractivity contribution in [3.05, 3.63) is 53.6 Å². The zero-order valence-corrected chi connectivity index (χ0v) is 16.8. The Labute approximate surface area is 168 Å². The molecule has 2 N–H and O–H groups in total. The Morgan fingerprint density at radius 2 is 1.82 bits per heavy atom. The lowest BCUT2D eigenvalue weighted by molar-refractivity contribution is -0.153. The molecule has 2 atom stereocenters. The van der Waals surface area contributed by atoms with E-state index in [9.17, 15) is 14.4 Å². The summed E-state index contributed by atoms with van der Waals surface area (Å²) in [5, 5.41) is 5.01. The number of aryl methyl sites for hydroxylation is 2. The number of benzene rings is 2. The molecule has 0 radical (unpaired) electrons. The second kappa shape index (κ2) is 8.48. The summed E-state index contributed by atoms with van der Waals surface area (Å²) in [7, 11) is 0. The molecule has 0 fully saturated rings. The third-order valence-electron chi connectivity index (χ3n) is 4.47. The molecule has 0 spiro atoms. The van der Waals surface area contributed by atoms with Gasteiger partial charge < -0.3 is 15.4 Å². The topological polar surface area (TPSA) is 84.5 Å². The number of anilines is 2. The van der Waals surface area contributed by atoms with E-state index in [0.29, 0.717) is 5.69 Å². The smallest absolute Gasteiger partial charge is 0.308 e. The predicted molar refractivity (Wildman–Crippen MR) is 109 cm³/mol. The van der Waals surface area contributed by atoms with Gasteiger partial charge in [-0.15, -0.1) is 11.8 Å². The molecule has 2 amide bonds. The first-order valence-electron chi connectivity index (χ1n) is 8.98. The number of amides is 2. The highest BCUT2D eigenvalue weighted by Crippen LogP contribution is 2.36. The van der Waals surface area contributed by atoms with Crippen LogP contribution in [0.4, 0.5) is 11.4 Å². The summed E-state index contributed by atoms with van der Waals surface area (Å²) in [6, 6.07) is 13.1. The van der Waals surface area contributed by atoms with Gasteiger partial charge in [-0.05, 0) is 44.0 Å². The standard InChI is InChI=1S/C21H22N2O4S/c1-12-7-6-8-13(2)19(12)23-20(25)14(3)27-18(24)11-17-21(26)22-15-9-4-5-10-16(15)28-17/h4-10,14,17H,11H2,1-3H3,(H,22,26)(H,23,25)/t14-,17+/m1/s1. The van der Waals surface area contributed by atoms with Gasteiger partial charge in [0.15, 0.2) is 6.10 Å². The summed E-state index contributed by atoms with van der Waals surface area (Å²) >= 11 is 1.32. The van der Waals surface area contributed by atoms with Gasteiger partial charge in [0.25, 0.3) is 5.91 Å². The Kier molecular flexibility index (Phi) is 6.04. The molecular weight excluding hydrogens is 376 g/mol. The number of esters is 1. The fourth-order valence-corrected chi connectivity index (χ4v) is 4.01. The van der Waals surface area contributed by atoms with E-state index < -0.39 is 23.2 Å². The van der Waals surface area contributed by atoms with Crippen molar-refractivity contribution in [1.82, 2.24) is 0 Å². The first-order valence-corrected chi connectivity index (χ1v) is 9.86. The van der Waals surface area contributed by atoms with E-state index >= 15 is 0 Å². The first kappa shape index (κ1) is 19.9. The number of carbonyl (C=O) groups is 3. The molecule has 0 bridgehead atoms. The van der Waals surface area contributed by atoms with Crippen LogP contribution in [0.2, 0.25) is 0 Å². The molecule has 2 aromatic carbocycles. The van der Waals surface area contributed by atoms with Crippen molar-refractivity contribution in [2.24, 2.45) is 0 Å². The van der Waals surface area contributed by atoms with Gasteiger partial charge in [-0.1, -0.05) is 30.3 Å². The maximum Gasteiger partial charge on any atom is 0.308 e. The molecule has 0 saturated carbocycles. The van der Waals surface area contributed by atoms with Crippen molar-refractivity contribution in [1.29, 1.82) is 0 Å². The zero-order valence-electron chi connectivity index (χ0n) is 15.9. The van der Waals surface area contributed by atoms with E-state index in [2.05, 4.69) is 10.6 Å². The molecule has 0 aromatic heterocycles. The molecule has 0 saturated heterocycles. The Bertz CT molecular complexity index is 908. The van der Waals surface area contributed by atoms with E-state index in [4.69, 9.17) is 4.74 Å². The highest BCUT2D eigenvalue weighted by atomic mass is 32.2. The number of nitrogens with one attached hydrogen (secondary N) is 2. The van der Waals surface area contributed by atoms with Crippen molar-refractivity contribution in [2.75, 3.05) is 10.6 Å². The lowest BCUT2D eigenvalue weighted by Gasteiger charge is -2.23. The number of carbonyl (C=O) groups excluding carboxylic acids is 3. The highest BCUT2D eigenvalue weighted by molar-refractivity contribution is 8.01. The van der Waals surface area contributed by atoms with Crippen molar-refractivity contribution in [3.8, 4) is 0 Å². The SMILES string of the molecule is Cc1cccc(C)c1NC(=O)[C@@H](C)OC(=O)C[C@@H]1Sc2ccccc2NC1=O. The monoisotopic (exact) mass is 398 g/mol. The Balaban J connectivity index is 1.57. The minimum Gasteiger partial charge on any atom is -0.452 e. The van der Waals surface area contributed by atoms with E-state index in [1.54, 1.807) is 0 Å². The molecule has 1 aliphatic rings. The fourth-order valence-electron chi connectivity index (χ4n) is 2.91. The van der Waals surface area contributed by atoms with Crippen LogP contribution in [0.15, 0.2) is 47.4 Å². The van der Waals surface area contributed by atoms with Crippen LogP contribution in [-0.2, 0) is 19.1 Å². The van der Waals surface area contributed by atoms with Gasteiger partial charge in [0.05, 0.1) is 17.4 Å². The zero-order chi connectivity index (χ0) is 20.3. The van der Waals surface area contributed by atoms with Crippen LogP contribution in [0.1, 0.15) is 24.5 Å². The number of para-hydroxylation sites is 2. The molecule has 1 heterocycles. The molecule has 1 aliphatic heterocycles. The summed E-state index contributed by atoms with van der Waals surface area (Å²) in [6.07, 6.45) is -1.07. The molecule has 0 aliphatic carbocycles. The minimum absolute atomic E-state index is 0.105. The number of ether oxygens (including phenoxy) is 1. The van der Waals surface area contributed by atoms with Gasteiger partial charge in [0, 0.05) is 10.6 Å². The number of rotatable bonds is 5. The fraction of sp³-hybridized carbons (Fsp3) is 0.286. The lowest BCUT2D eigenvalue weighted by Crippen LogP contribution is -2.34. The molecule has 0 unspecified atom stereocenters. The molecular formula is C21H22N2O4S. The second-order valence-corrected chi connectivity index (χ2v) is 7.93. The summed E-state index contributed by atoms with van der Waals surface area (Å²) < 4.78 is 5.26. The third kappa shape index (κ3) is 4.54. The number of hydrogen-bond donors (Lipinski definition) is 2. The molecule has 2 aromatic rings. The normalized spacial score (nSPS) is 16.5. The average Bonchev–Trinajstić information content (AvgIpc) is 2.65. The van der Waals surface area contributed by atoms with Crippen LogP contribution in [0.25, 0.3) is 0 Å². The molecule has 3 rings (SSSR count). The van der Waals surface area contributed by atoms with E-state index in [-0.39, 0.29) is 12.3 Å². The van der Waals surface area contributed by atoms with E-state index in [1.807, 2.05) is 56.3 Å². The first-order chi connectivity index (χ1) is 13.3. The molecule has 28 heavy (non-hydrogen) atoms. The summed E-state index contributed by atoms with van der Waals surface area (Å²) in [5.41, 5.74) is 3.32. The van der Waals surface area contributed by atoms with E-state index in [1.165, 1.54) is 18.7 Å². The van der Waals surface area contributed by atoms with Crippen molar-refractivity contribution >= 4 is 40.9 Å². The Hall–Kier alpha value is -2.80. The van der Waals surface area contributed by atoms with Crippen LogP contribution in [-0.4, -0.2) is 29.1 Å². The Morgan fingerprint density at radius 1 is 1.14 bits per heavy atom. The maximum atomic E-state index is 12.4.